The lowest BCUT2D eigenvalue weighted by Gasteiger charge is -2.39. The van der Waals surface area contributed by atoms with Crippen LogP contribution in [0.1, 0.15) is 41.0 Å². The van der Waals surface area contributed by atoms with Gasteiger partial charge >= 0.3 is 0 Å². The van der Waals surface area contributed by atoms with E-state index in [1.165, 1.54) is 24.5 Å². The number of thioether (sulfide) groups is 1. The van der Waals surface area contributed by atoms with Gasteiger partial charge in [-0.05, 0) is 19.3 Å². The molecular formula is C12H25NS. The summed E-state index contributed by atoms with van der Waals surface area (Å²) in [6.45, 7) is 12.3. The predicted molar refractivity (Wildman–Crippen MR) is 67.0 cm³/mol. The summed E-state index contributed by atoms with van der Waals surface area (Å²) in [5.41, 5.74) is 1.10. The zero-order valence-corrected chi connectivity index (χ0v) is 11.1. The summed E-state index contributed by atoms with van der Waals surface area (Å²) in [5, 5.41) is 3.71. The summed E-state index contributed by atoms with van der Waals surface area (Å²) in [4.78, 5) is 0. The average molecular weight is 215 g/mol. The van der Waals surface area contributed by atoms with Crippen LogP contribution in [-0.4, -0.2) is 23.6 Å². The van der Waals surface area contributed by atoms with Crippen LogP contribution in [0.4, 0.5) is 0 Å². The molecule has 1 atom stereocenters. The molecule has 0 aromatic rings. The number of hydrogen-bond donors (Lipinski definition) is 1. The molecule has 1 unspecified atom stereocenters. The van der Waals surface area contributed by atoms with E-state index in [1.807, 2.05) is 13.8 Å². The van der Waals surface area contributed by atoms with Crippen LogP contribution in [-0.2, 0) is 0 Å². The second-order valence-electron chi connectivity index (χ2n) is 5.10. The highest BCUT2D eigenvalue weighted by Crippen LogP contribution is 2.48. The van der Waals surface area contributed by atoms with E-state index in [2.05, 4.69) is 37.8 Å². The SMILES string of the molecule is CC.CC(C)C1(C)CC2(CN1)CSC2. The van der Waals surface area contributed by atoms with E-state index in [0.29, 0.717) is 11.0 Å². The van der Waals surface area contributed by atoms with Gasteiger partial charge in [-0.3, -0.25) is 0 Å². The van der Waals surface area contributed by atoms with E-state index in [1.54, 1.807) is 0 Å². The van der Waals surface area contributed by atoms with Gasteiger partial charge in [-0.15, -0.1) is 0 Å². The molecule has 2 fully saturated rings. The first-order chi connectivity index (χ1) is 6.56. The maximum atomic E-state index is 3.71. The van der Waals surface area contributed by atoms with E-state index in [4.69, 9.17) is 0 Å². The van der Waals surface area contributed by atoms with Gasteiger partial charge in [0.1, 0.15) is 0 Å². The van der Waals surface area contributed by atoms with Crippen LogP contribution in [0.25, 0.3) is 0 Å². The molecule has 2 saturated heterocycles. The number of nitrogens with one attached hydrogen (secondary N) is 1. The van der Waals surface area contributed by atoms with E-state index < -0.39 is 0 Å². The van der Waals surface area contributed by atoms with Gasteiger partial charge in [-0.2, -0.15) is 11.8 Å². The Kier molecular flexibility index (Phi) is 3.93. The summed E-state index contributed by atoms with van der Waals surface area (Å²) < 4.78 is 0. The van der Waals surface area contributed by atoms with Crippen molar-refractivity contribution >= 4 is 11.8 Å². The summed E-state index contributed by atoms with van der Waals surface area (Å²) >= 11 is 2.11. The van der Waals surface area contributed by atoms with Crippen molar-refractivity contribution < 1.29 is 0 Å². The fraction of sp³-hybridized carbons (Fsp3) is 1.00. The van der Waals surface area contributed by atoms with Gasteiger partial charge in [0, 0.05) is 29.0 Å². The smallest absolute Gasteiger partial charge is 0.0182 e. The van der Waals surface area contributed by atoms with Gasteiger partial charge in [-0.25, -0.2) is 0 Å². The molecule has 0 amide bonds. The molecule has 2 heterocycles. The van der Waals surface area contributed by atoms with Crippen LogP contribution in [0.3, 0.4) is 0 Å². The summed E-state index contributed by atoms with van der Waals surface area (Å²) in [6.07, 6.45) is 1.39. The van der Waals surface area contributed by atoms with E-state index >= 15 is 0 Å². The molecule has 2 aliphatic rings. The Balaban J connectivity index is 0.000000461. The number of rotatable bonds is 1. The first kappa shape index (κ1) is 12.4. The van der Waals surface area contributed by atoms with Gasteiger partial charge in [0.25, 0.3) is 0 Å². The minimum atomic E-state index is 0.418. The molecule has 2 rings (SSSR count). The Labute approximate surface area is 93.4 Å². The predicted octanol–water partition coefficient (Wildman–Crippen LogP) is 3.15. The molecule has 2 aliphatic heterocycles. The minimum absolute atomic E-state index is 0.418. The fourth-order valence-corrected chi connectivity index (χ4v) is 3.49. The van der Waals surface area contributed by atoms with Crippen molar-refractivity contribution in [1.29, 1.82) is 0 Å². The molecule has 2 heteroatoms. The van der Waals surface area contributed by atoms with Crippen LogP contribution in [0, 0.1) is 11.3 Å². The Morgan fingerprint density at radius 3 is 2.00 bits per heavy atom. The monoisotopic (exact) mass is 215 g/mol. The highest BCUT2D eigenvalue weighted by atomic mass is 32.2. The van der Waals surface area contributed by atoms with E-state index in [-0.39, 0.29) is 0 Å². The molecule has 1 nitrogen and oxygen atoms in total. The third-order valence-electron chi connectivity index (χ3n) is 3.70. The lowest BCUT2D eigenvalue weighted by atomic mass is 9.78. The molecule has 0 aromatic heterocycles. The van der Waals surface area contributed by atoms with E-state index in [0.717, 1.165) is 5.92 Å². The van der Waals surface area contributed by atoms with Crippen molar-refractivity contribution in [2.24, 2.45) is 11.3 Å². The largest absolute Gasteiger partial charge is 0.311 e. The minimum Gasteiger partial charge on any atom is -0.311 e. The molecular weight excluding hydrogens is 190 g/mol. The lowest BCUT2D eigenvalue weighted by molar-refractivity contribution is 0.272. The topological polar surface area (TPSA) is 12.0 Å². The van der Waals surface area contributed by atoms with Gasteiger partial charge in [-0.1, -0.05) is 27.7 Å². The Morgan fingerprint density at radius 2 is 1.79 bits per heavy atom. The lowest BCUT2D eigenvalue weighted by Crippen LogP contribution is -2.41. The molecule has 0 bridgehead atoms. The molecule has 0 aromatic carbocycles. The average Bonchev–Trinajstić information content (AvgIpc) is 2.48. The first-order valence-corrected chi connectivity index (χ1v) is 7.05. The maximum Gasteiger partial charge on any atom is 0.0182 e. The normalized spacial score (nSPS) is 33.9. The fourth-order valence-electron chi connectivity index (χ4n) is 2.30. The van der Waals surface area contributed by atoms with Crippen LogP contribution in [0.5, 0.6) is 0 Å². The number of hydrogen-bond acceptors (Lipinski definition) is 2. The third kappa shape index (κ3) is 2.11. The maximum absolute atomic E-state index is 3.71. The first-order valence-electron chi connectivity index (χ1n) is 5.89. The Bertz CT molecular complexity index is 187. The molecule has 1 N–H and O–H groups in total. The van der Waals surface area contributed by atoms with E-state index in [9.17, 15) is 0 Å². The zero-order chi connectivity index (χ0) is 10.8. The van der Waals surface area contributed by atoms with Crippen LogP contribution >= 0.6 is 11.8 Å². The van der Waals surface area contributed by atoms with Crippen LogP contribution in [0.2, 0.25) is 0 Å². The van der Waals surface area contributed by atoms with Crippen molar-refractivity contribution in [3.63, 3.8) is 0 Å². The summed E-state index contributed by atoms with van der Waals surface area (Å²) in [7, 11) is 0. The van der Waals surface area contributed by atoms with Gasteiger partial charge < -0.3 is 5.32 Å². The van der Waals surface area contributed by atoms with Crippen LogP contribution in [0.15, 0.2) is 0 Å². The second-order valence-corrected chi connectivity index (χ2v) is 6.08. The van der Waals surface area contributed by atoms with Crippen molar-refractivity contribution in [2.75, 3.05) is 18.1 Å². The summed E-state index contributed by atoms with van der Waals surface area (Å²) in [6, 6.07) is 0. The molecule has 0 aliphatic carbocycles. The molecule has 84 valence electrons. The highest BCUT2D eigenvalue weighted by molar-refractivity contribution is 8.00. The summed E-state index contributed by atoms with van der Waals surface area (Å²) in [5.74, 6) is 3.55. The van der Waals surface area contributed by atoms with Crippen molar-refractivity contribution in [2.45, 2.75) is 46.6 Å². The highest BCUT2D eigenvalue weighted by Gasteiger charge is 2.50. The Hall–Kier alpha value is 0.310. The molecule has 14 heavy (non-hydrogen) atoms. The zero-order valence-electron chi connectivity index (χ0n) is 10.3. The van der Waals surface area contributed by atoms with Crippen molar-refractivity contribution in [1.82, 2.24) is 5.32 Å². The molecule has 1 spiro atoms. The quantitative estimate of drug-likeness (QED) is 0.721. The molecule has 0 saturated carbocycles. The second kappa shape index (κ2) is 4.44. The van der Waals surface area contributed by atoms with Crippen molar-refractivity contribution in [3.05, 3.63) is 0 Å². The van der Waals surface area contributed by atoms with Gasteiger partial charge in [0.15, 0.2) is 0 Å². The standard InChI is InChI=1S/C10H19NS.C2H6/c1-8(2)9(3)4-10(5-11-9)6-12-7-10;1-2/h8,11H,4-7H2,1-3H3;1-2H3. The van der Waals surface area contributed by atoms with Crippen molar-refractivity contribution in [3.8, 4) is 0 Å². The van der Waals surface area contributed by atoms with Gasteiger partial charge in [0.05, 0.1) is 0 Å². The third-order valence-corrected chi connectivity index (χ3v) is 5.33. The van der Waals surface area contributed by atoms with Gasteiger partial charge in [0.2, 0.25) is 0 Å². The van der Waals surface area contributed by atoms with Crippen LogP contribution < -0.4 is 5.32 Å². The Morgan fingerprint density at radius 1 is 1.21 bits per heavy atom. The molecule has 0 radical (unpaired) electrons.